The van der Waals surface area contributed by atoms with Crippen molar-refractivity contribution >= 4 is 5.78 Å². The van der Waals surface area contributed by atoms with Crippen molar-refractivity contribution < 1.29 is 9.53 Å². The first-order valence-corrected chi connectivity index (χ1v) is 3.54. The maximum atomic E-state index is 10.9. The minimum atomic E-state index is -0.0844. The molecule has 0 radical (unpaired) electrons. The molecule has 0 aliphatic heterocycles. The van der Waals surface area contributed by atoms with Gasteiger partial charge >= 0.3 is 6.01 Å². The van der Waals surface area contributed by atoms with E-state index in [4.69, 9.17) is 4.74 Å². The number of ketones is 1. The van der Waals surface area contributed by atoms with E-state index in [0.29, 0.717) is 5.69 Å². The number of nitrogens with zero attached hydrogens (tertiary/aromatic N) is 2. The quantitative estimate of drug-likeness (QED) is 0.615. The predicted octanol–water partition coefficient (Wildman–Crippen LogP) is 0.996. The van der Waals surface area contributed by atoms with Crippen molar-refractivity contribution in [2.24, 2.45) is 0 Å². The lowest BCUT2D eigenvalue weighted by Gasteiger charge is -2.00. The zero-order valence-electron chi connectivity index (χ0n) is 7.29. The smallest absolute Gasteiger partial charge is 0.316 e. The summed E-state index contributed by atoms with van der Waals surface area (Å²) in [6, 6.07) is 1.87. The SMILES string of the molecule is COc1nc(C)cc(C(C)=O)n1. The molecule has 0 aromatic carbocycles. The third-order valence-corrected chi connectivity index (χ3v) is 1.38. The number of ether oxygens (including phenoxy) is 1. The van der Waals surface area contributed by atoms with Gasteiger partial charge in [0.25, 0.3) is 0 Å². The largest absolute Gasteiger partial charge is 0.467 e. The van der Waals surface area contributed by atoms with Crippen LogP contribution >= 0.6 is 0 Å². The van der Waals surface area contributed by atoms with Crippen LogP contribution < -0.4 is 4.74 Å². The molecule has 0 aliphatic carbocycles. The van der Waals surface area contributed by atoms with Crippen LogP contribution in [0.25, 0.3) is 0 Å². The van der Waals surface area contributed by atoms with Crippen molar-refractivity contribution in [1.29, 1.82) is 0 Å². The van der Waals surface area contributed by atoms with Crippen molar-refractivity contribution in [1.82, 2.24) is 9.97 Å². The summed E-state index contributed by atoms with van der Waals surface area (Å²) in [6.45, 7) is 3.25. The van der Waals surface area contributed by atoms with Gasteiger partial charge in [0.05, 0.1) is 7.11 Å². The molecule has 0 amide bonds. The van der Waals surface area contributed by atoms with E-state index in [0.717, 1.165) is 5.69 Å². The number of aryl methyl sites for hydroxylation is 1. The van der Waals surface area contributed by atoms with Crippen LogP contribution in [0.4, 0.5) is 0 Å². The van der Waals surface area contributed by atoms with Gasteiger partial charge in [-0.1, -0.05) is 0 Å². The van der Waals surface area contributed by atoms with Crippen LogP contribution in [-0.2, 0) is 0 Å². The highest BCUT2D eigenvalue weighted by Gasteiger charge is 2.05. The molecule has 0 bridgehead atoms. The van der Waals surface area contributed by atoms with Crippen LogP contribution in [-0.4, -0.2) is 22.9 Å². The topological polar surface area (TPSA) is 52.1 Å². The number of carbonyl (C=O) groups is 1. The van der Waals surface area contributed by atoms with Gasteiger partial charge in [0, 0.05) is 12.6 Å². The highest BCUT2D eigenvalue weighted by Crippen LogP contribution is 2.06. The monoisotopic (exact) mass is 166 g/mol. The fraction of sp³-hybridized carbons (Fsp3) is 0.375. The summed E-state index contributed by atoms with van der Waals surface area (Å²) in [7, 11) is 1.47. The van der Waals surface area contributed by atoms with Crippen LogP contribution in [0.15, 0.2) is 6.07 Å². The lowest BCUT2D eigenvalue weighted by Crippen LogP contribution is -2.02. The number of hydrogen-bond donors (Lipinski definition) is 0. The molecular formula is C8H10N2O2. The average molecular weight is 166 g/mol. The average Bonchev–Trinajstić information content (AvgIpc) is 2.03. The fourth-order valence-corrected chi connectivity index (χ4v) is 0.813. The first-order chi connectivity index (χ1) is 5.63. The Labute approximate surface area is 70.6 Å². The Bertz CT molecular complexity index is 310. The normalized spacial score (nSPS) is 9.58. The molecule has 0 aliphatic rings. The van der Waals surface area contributed by atoms with Crippen LogP contribution in [0.5, 0.6) is 6.01 Å². The standard InChI is InChI=1S/C8H10N2O2/c1-5-4-7(6(2)11)10-8(9-5)12-3/h4H,1-3H3. The highest BCUT2D eigenvalue weighted by molar-refractivity contribution is 5.92. The van der Waals surface area contributed by atoms with Gasteiger partial charge in [0.1, 0.15) is 5.69 Å². The second-order valence-corrected chi connectivity index (χ2v) is 2.44. The molecule has 4 nitrogen and oxygen atoms in total. The number of aromatic nitrogens is 2. The van der Waals surface area contributed by atoms with Crippen molar-refractivity contribution in [2.45, 2.75) is 13.8 Å². The molecule has 1 rings (SSSR count). The Hall–Kier alpha value is -1.45. The van der Waals surface area contributed by atoms with Crippen LogP contribution in [0.1, 0.15) is 23.1 Å². The molecule has 0 atom stereocenters. The zero-order chi connectivity index (χ0) is 9.14. The summed E-state index contributed by atoms with van der Waals surface area (Å²) < 4.78 is 4.81. The summed E-state index contributed by atoms with van der Waals surface area (Å²) in [5, 5.41) is 0. The minimum Gasteiger partial charge on any atom is -0.467 e. The second kappa shape index (κ2) is 3.30. The van der Waals surface area contributed by atoms with E-state index in [9.17, 15) is 4.79 Å². The van der Waals surface area contributed by atoms with Crippen molar-refractivity contribution in [2.75, 3.05) is 7.11 Å². The van der Waals surface area contributed by atoms with Crippen molar-refractivity contribution in [3.63, 3.8) is 0 Å². The van der Waals surface area contributed by atoms with E-state index in [-0.39, 0.29) is 11.8 Å². The van der Waals surface area contributed by atoms with Crippen LogP contribution in [0, 0.1) is 6.92 Å². The van der Waals surface area contributed by atoms with Gasteiger partial charge < -0.3 is 4.74 Å². The van der Waals surface area contributed by atoms with E-state index < -0.39 is 0 Å². The highest BCUT2D eigenvalue weighted by atomic mass is 16.5. The number of carbonyl (C=O) groups excluding carboxylic acids is 1. The maximum absolute atomic E-state index is 10.9. The molecule has 0 fully saturated rings. The Morgan fingerprint density at radius 3 is 2.67 bits per heavy atom. The van der Waals surface area contributed by atoms with Gasteiger partial charge in [-0.15, -0.1) is 0 Å². The van der Waals surface area contributed by atoms with E-state index in [1.807, 2.05) is 0 Å². The fourth-order valence-electron chi connectivity index (χ4n) is 0.813. The van der Waals surface area contributed by atoms with Crippen molar-refractivity contribution in [3.8, 4) is 6.01 Å². The summed E-state index contributed by atoms with van der Waals surface area (Å²) in [5.74, 6) is -0.0844. The summed E-state index contributed by atoms with van der Waals surface area (Å²) in [6.07, 6.45) is 0. The zero-order valence-corrected chi connectivity index (χ0v) is 7.29. The molecule has 1 aromatic heterocycles. The summed E-state index contributed by atoms with van der Waals surface area (Å²) in [4.78, 5) is 18.7. The van der Waals surface area contributed by atoms with Crippen molar-refractivity contribution in [3.05, 3.63) is 17.5 Å². The molecule has 4 heteroatoms. The Balaban J connectivity index is 3.15. The van der Waals surface area contributed by atoms with Gasteiger partial charge in [-0.3, -0.25) is 4.79 Å². The summed E-state index contributed by atoms with van der Waals surface area (Å²) >= 11 is 0. The van der Waals surface area contributed by atoms with Crippen LogP contribution in [0.2, 0.25) is 0 Å². The second-order valence-electron chi connectivity index (χ2n) is 2.44. The van der Waals surface area contributed by atoms with E-state index >= 15 is 0 Å². The molecule has 1 heterocycles. The molecule has 0 N–H and O–H groups in total. The minimum absolute atomic E-state index is 0.0844. The van der Waals surface area contributed by atoms with E-state index in [2.05, 4.69) is 9.97 Å². The third-order valence-electron chi connectivity index (χ3n) is 1.38. The lowest BCUT2D eigenvalue weighted by molar-refractivity contribution is 0.101. The number of rotatable bonds is 2. The van der Waals surface area contributed by atoms with Gasteiger partial charge in [0.15, 0.2) is 5.78 Å². The Kier molecular flexibility index (Phi) is 2.38. The first-order valence-electron chi connectivity index (χ1n) is 3.54. The molecular weight excluding hydrogens is 156 g/mol. The molecule has 0 unspecified atom stereocenters. The first kappa shape index (κ1) is 8.64. The lowest BCUT2D eigenvalue weighted by atomic mass is 10.3. The molecule has 0 saturated carbocycles. The maximum Gasteiger partial charge on any atom is 0.316 e. The number of methoxy groups -OCH3 is 1. The molecule has 0 spiro atoms. The Morgan fingerprint density at radius 1 is 1.50 bits per heavy atom. The molecule has 64 valence electrons. The molecule has 12 heavy (non-hydrogen) atoms. The number of hydrogen-bond acceptors (Lipinski definition) is 4. The molecule has 0 saturated heterocycles. The number of Topliss-reactive ketones (excluding diaryl/α,β-unsaturated/α-hetero) is 1. The summed E-state index contributed by atoms with van der Waals surface area (Å²) in [5.41, 5.74) is 1.12. The van der Waals surface area contributed by atoms with Gasteiger partial charge in [-0.25, -0.2) is 4.98 Å². The predicted molar refractivity (Wildman–Crippen MR) is 43.3 cm³/mol. The van der Waals surface area contributed by atoms with E-state index in [1.54, 1.807) is 13.0 Å². The molecule has 1 aromatic rings. The Morgan fingerprint density at radius 2 is 2.17 bits per heavy atom. The van der Waals surface area contributed by atoms with Gasteiger partial charge in [-0.05, 0) is 13.0 Å². The van der Waals surface area contributed by atoms with Gasteiger partial charge in [0.2, 0.25) is 0 Å². The third kappa shape index (κ3) is 1.78. The van der Waals surface area contributed by atoms with Crippen LogP contribution in [0.3, 0.4) is 0 Å². The van der Waals surface area contributed by atoms with E-state index in [1.165, 1.54) is 14.0 Å². The van der Waals surface area contributed by atoms with Gasteiger partial charge in [-0.2, -0.15) is 4.98 Å².